The zero-order valence-electron chi connectivity index (χ0n) is 70.7. The van der Waals surface area contributed by atoms with E-state index >= 15 is 9.59 Å². The van der Waals surface area contributed by atoms with Crippen molar-refractivity contribution in [1.29, 1.82) is 0 Å². The number of benzene rings is 4. The maximum Gasteiger partial charge on any atom is 0.338 e. The Morgan fingerprint density at radius 2 is 0.642 bits per heavy atom. The second kappa shape index (κ2) is 52.0. The van der Waals surface area contributed by atoms with Crippen LogP contribution >= 0.6 is 0 Å². The van der Waals surface area contributed by atoms with Gasteiger partial charge in [-0.3, -0.25) is 0 Å². The van der Waals surface area contributed by atoms with E-state index in [1.54, 1.807) is 84.9 Å². The highest BCUT2D eigenvalue weighted by Gasteiger charge is 2.62. The molecule has 5 saturated heterocycles. The summed E-state index contributed by atoms with van der Waals surface area (Å²) in [5.74, 6) is -5.80. The average molecular weight is 1730 g/mol. The predicted molar refractivity (Wildman–Crippen MR) is 432 cm³/mol. The van der Waals surface area contributed by atoms with Crippen LogP contribution in [0.3, 0.4) is 0 Å². The highest BCUT2D eigenvalue weighted by molar-refractivity contribution is 5.91. The SMILES string of the molecule is CCCCOC1C(OCCCC)[C@H](O[C@H]2OC(COC(=O)c3ccccc3)[C@H](OCCCC)C(OCCCC)[C@H]2N=[N+]=[N-])C(C(=O)OC)O[C@H]1O[C@@H]1C(CO)OC(O[C@H]2C(C(=O)OC)O[C@@H](O[C@@H]3C(COC(=O)c4ccccc4)O[C@H](OC)C(N=[N+]=[N-])C3OCCCC)C(OC(=O)c3ccccc3)C2OCCCC)C(N=[N+]=[N-])C1OC(=O)c1ccccc1. The molecule has 5 aliphatic heterocycles. The highest BCUT2D eigenvalue weighted by Crippen LogP contribution is 2.42. The minimum Gasteiger partial charge on any atom is -0.467 e. The number of hydrogen-bond donors (Lipinski definition) is 1. The van der Waals surface area contributed by atoms with Crippen LogP contribution in [0.5, 0.6) is 0 Å². The van der Waals surface area contributed by atoms with Crippen LogP contribution in [0.2, 0.25) is 0 Å². The van der Waals surface area contributed by atoms with Crippen LogP contribution in [0.1, 0.15) is 160 Å². The molecule has 1 N–H and O–H groups in total. The first-order chi connectivity index (χ1) is 60.0. The van der Waals surface area contributed by atoms with Crippen LogP contribution in [0.15, 0.2) is 137 Å². The van der Waals surface area contributed by atoms with Crippen LogP contribution in [0, 0.1) is 0 Å². The Morgan fingerprint density at radius 3 is 1.02 bits per heavy atom. The van der Waals surface area contributed by atoms with E-state index in [1.807, 2.05) is 41.5 Å². The van der Waals surface area contributed by atoms with Crippen molar-refractivity contribution in [3.05, 3.63) is 175 Å². The van der Waals surface area contributed by atoms with Gasteiger partial charge in [0, 0.05) is 61.5 Å². The van der Waals surface area contributed by atoms with E-state index in [0.29, 0.717) is 70.6 Å². The summed E-state index contributed by atoms with van der Waals surface area (Å²) in [6, 6.07) is 26.9. The Bertz CT molecular complexity index is 4010. The molecule has 674 valence electrons. The van der Waals surface area contributed by atoms with Crippen molar-refractivity contribution in [3.8, 4) is 0 Å². The minimum atomic E-state index is -2.11. The van der Waals surface area contributed by atoms with Gasteiger partial charge < -0.3 is 109 Å². The van der Waals surface area contributed by atoms with Gasteiger partial charge in [-0.05, 0) is 104 Å². The molecule has 0 bridgehead atoms. The van der Waals surface area contributed by atoms with E-state index in [4.69, 9.17) is 104 Å². The number of rotatable bonds is 49. The summed E-state index contributed by atoms with van der Waals surface area (Å²) < 4.78 is 143. The van der Waals surface area contributed by atoms with Gasteiger partial charge in [0.05, 0.1) is 55.3 Å². The zero-order valence-corrected chi connectivity index (χ0v) is 70.7. The van der Waals surface area contributed by atoms with Crippen molar-refractivity contribution < 1.29 is 138 Å². The molecule has 15 unspecified atom stereocenters. The third-order valence-corrected chi connectivity index (χ3v) is 21.0. The fraction of sp³-hybridized carbons (Fsp3) is 0.647. The maximum atomic E-state index is 15.0. The second-order valence-corrected chi connectivity index (χ2v) is 29.5. The molecule has 38 nitrogen and oxygen atoms in total. The summed E-state index contributed by atoms with van der Waals surface area (Å²) in [5.41, 5.74) is 31.9. The molecule has 38 heteroatoms. The summed E-state index contributed by atoms with van der Waals surface area (Å²) in [5, 5.41) is 24.4. The Kier molecular flexibility index (Phi) is 41.3. The second-order valence-electron chi connectivity index (χ2n) is 29.5. The first-order valence-corrected chi connectivity index (χ1v) is 42.0. The van der Waals surface area contributed by atoms with E-state index in [9.17, 15) is 40.9 Å². The normalized spacial score (nSPS) is 29.9. The molecule has 0 aliphatic carbocycles. The molecular formula is C85H115N9O29. The van der Waals surface area contributed by atoms with Crippen molar-refractivity contribution in [3.63, 3.8) is 0 Å². The monoisotopic (exact) mass is 1730 g/mol. The minimum absolute atomic E-state index is 0.00280. The molecule has 4 aromatic carbocycles. The van der Waals surface area contributed by atoms with Crippen molar-refractivity contribution in [2.24, 2.45) is 15.3 Å². The molecule has 4 aromatic rings. The van der Waals surface area contributed by atoms with Gasteiger partial charge in [-0.2, -0.15) is 0 Å². The lowest BCUT2D eigenvalue weighted by molar-refractivity contribution is -0.380. The number of aliphatic hydroxyl groups is 1. The lowest BCUT2D eigenvalue weighted by atomic mass is 9.93. The molecule has 5 fully saturated rings. The first-order valence-electron chi connectivity index (χ1n) is 42.0. The lowest BCUT2D eigenvalue weighted by Gasteiger charge is -2.51. The van der Waals surface area contributed by atoms with Crippen LogP contribution in [0.4, 0.5) is 0 Å². The topological polar surface area (TPSA) is 472 Å². The van der Waals surface area contributed by atoms with Crippen molar-refractivity contribution in [2.45, 2.75) is 272 Å². The van der Waals surface area contributed by atoms with Crippen molar-refractivity contribution in [1.82, 2.24) is 0 Å². The van der Waals surface area contributed by atoms with Crippen LogP contribution in [0.25, 0.3) is 31.3 Å². The smallest absolute Gasteiger partial charge is 0.338 e. The molecule has 25 atom stereocenters. The predicted octanol–water partition coefficient (Wildman–Crippen LogP) is 11.5. The number of azide groups is 3. The van der Waals surface area contributed by atoms with Gasteiger partial charge >= 0.3 is 35.8 Å². The molecular weight excluding hydrogens is 1610 g/mol. The highest BCUT2D eigenvalue weighted by atomic mass is 16.8. The fourth-order valence-electron chi connectivity index (χ4n) is 14.5. The third kappa shape index (κ3) is 26.8. The standard InChI is InChI=1S/C85H115N9O29/c1-10-16-42-105-61-56(49-111-75(96)51-34-26-22-27-35-51)115-82(59(90-93-87)64(61)106-43-17-11-2)120-69-67(108-45-19-13-4)73(110-47-21-15-6)84(122-71(69)79(100)102-7)118-62-55(48-95)113-83(60(91-94-88)66(62)116-77(98)53-38-30-24-31-39-53)121-70-68(109-46-20-14-5)74(117-78(99)54-40-32-25-33-41-54)85(123-72(70)80(101)103-8)119-63-57(50-112-76(97)52-36-28-23-29-37-52)114-81(104-9)58(89-92-86)65(63)107-44-18-12-3/h22-41,55-74,81-85,95H,10-21,42-50H2,1-9H3/t55?,56?,57?,58?,59-,60?,61+,62-,63-,64?,65?,66?,67?,68?,69+,70-,71?,72?,73?,74?,81+,82-,83?,84-,85-/m1/s1. The number of carbonyl (C=O) groups excluding carboxylic acids is 6. The Morgan fingerprint density at radius 1 is 0.341 bits per heavy atom. The molecule has 5 heterocycles. The van der Waals surface area contributed by atoms with Gasteiger partial charge in [-0.15, -0.1) is 0 Å². The molecule has 0 aromatic heterocycles. The Balaban J connectivity index is 1.15. The van der Waals surface area contributed by atoms with E-state index in [0.717, 1.165) is 20.6 Å². The quantitative estimate of drug-likeness (QED) is 0.0107. The number of unbranched alkanes of at least 4 members (excludes halogenated alkanes) is 6. The summed E-state index contributed by atoms with van der Waals surface area (Å²) in [6.45, 7) is 9.58. The van der Waals surface area contributed by atoms with Crippen molar-refractivity contribution >= 4 is 35.8 Å². The molecule has 9 rings (SSSR count). The largest absolute Gasteiger partial charge is 0.467 e. The molecule has 0 saturated carbocycles. The number of ether oxygens (including phenoxy) is 22. The Labute approximate surface area is 713 Å². The number of nitrogens with zero attached hydrogens (tertiary/aromatic N) is 9. The van der Waals surface area contributed by atoms with E-state index in [2.05, 4.69) is 30.1 Å². The Hall–Kier alpha value is -9.05. The van der Waals surface area contributed by atoms with Crippen molar-refractivity contribution in [2.75, 3.05) is 80.8 Å². The average Bonchev–Trinajstić information content (AvgIpc) is 0.752. The molecule has 5 aliphatic rings. The summed E-state index contributed by atoms with van der Waals surface area (Å²) in [6.07, 6.45) is -30.3. The number of methoxy groups -OCH3 is 3. The lowest BCUT2D eigenvalue weighted by Crippen LogP contribution is -2.69. The molecule has 0 amide bonds. The molecule has 0 radical (unpaired) electrons. The van der Waals surface area contributed by atoms with E-state index in [1.165, 1.54) is 43.5 Å². The van der Waals surface area contributed by atoms with Gasteiger partial charge in [0.15, 0.2) is 49.8 Å². The van der Waals surface area contributed by atoms with Gasteiger partial charge in [0.25, 0.3) is 0 Å². The maximum absolute atomic E-state index is 15.0. The van der Waals surface area contributed by atoms with Crippen LogP contribution in [-0.2, 0) is 114 Å². The zero-order chi connectivity index (χ0) is 88.0. The number of aliphatic hydroxyl groups excluding tert-OH is 1. The number of carbonyl (C=O) groups is 6. The van der Waals surface area contributed by atoms with Gasteiger partial charge in [0.1, 0.15) is 105 Å². The van der Waals surface area contributed by atoms with Crippen LogP contribution < -0.4 is 0 Å². The van der Waals surface area contributed by atoms with Gasteiger partial charge in [0.2, 0.25) is 0 Å². The van der Waals surface area contributed by atoms with E-state index < -0.39 is 209 Å². The third-order valence-electron chi connectivity index (χ3n) is 21.0. The van der Waals surface area contributed by atoms with Gasteiger partial charge in [-0.25, -0.2) is 28.8 Å². The fourth-order valence-corrected chi connectivity index (χ4v) is 14.5. The molecule has 123 heavy (non-hydrogen) atoms. The van der Waals surface area contributed by atoms with E-state index in [-0.39, 0.29) is 61.9 Å². The van der Waals surface area contributed by atoms with Crippen LogP contribution in [-0.4, -0.2) is 275 Å². The molecule has 0 spiro atoms. The first kappa shape index (κ1) is 97.8. The van der Waals surface area contributed by atoms with Gasteiger partial charge in [-0.1, -0.05) is 168 Å². The summed E-state index contributed by atoms with van der Waals surface area (Å²) >= 11 is 0. The summed E-state index contributed by atoms with van der Waals surface area (Å²) in [4.78, 5) is 97.0. The number of hydrogen-bond acceptors (Lipinski definition) is 32. The number of esters is 6. The summed E-state index contributed by atoms with van der Waals surface area (Å²) in [7, 11) is 3.42.